The van der Waals surface area contributed by atoms with Gasteiger partial charge in [-0.2, -0.15) is 0 Å². The number of alkyl carbamates (subject to hydrolysis) is 1. The molecule has 5 nitrogen and oxygen atoms in total. The molecule has 1 rings (SSSR count). The largest absolute Gasteiger partial charge is 0.481 e. The highest BCUT2D eigenvalue weighted by atomic mass is 16.6. The topological polar surface area (TPSA) is 75.6 Å². The van der Waals surface area contributed by atoms with E-state index >= 15 is 0 Å². The van der Waals surface area contributed by atoms with Gasteiger partial charge in [-0.05, 0) is 51.9 Å². The zero-order valence-electron chi connectivity index (χ0n) is 12.2. The monoisotopic (exact) mass is 271 g/mol. The van der Waals surface area contributed by atoms with Gasteiger partial charge in [0.1, 0.15) is 5.60 Å². The van der Waals surface area contributed by atoms with Crippen LogP contribution in [0, 0.1) is 17.8 Å². The van der Waals surface area contributed by atoms with Crippen molar-refractivity contribution in [3.05, 3.63) is 0 Å². The molecule has 0 saturated heterocycles. The van der Waals surface area contributed by atoms with Crippen LogP contribution in [-0.2, 0) is 9.53 Å². The van der Waals surface area contributed by atoms with Crippen LogP contribution < -0.4 is 5.32 Å². The summed E-state index contributed by atoms with van der Waals surface area (Å²) in [6.45, 7) is 7.81. The molecule has 0 aliphatic heterocycles. The van der Waals surface area contributed by atoms with Crippen molar-refractivity contribution in [1.82, 2.24) is 5.32 Å². The minimum absolute atomic E-state index is 0.225. The number of carboxylic acid groups (broad SMARTS) is 1. The molecule has 1 amide bonds. The van der Waals surface area contributed by atoms with E-state index in [1.165, 1.54) is 0 Å². The number of amides is 1. The number of carboxylic acids is 1. The third-order valence-corrected chi connectivity index (χ3v) is 3.61. The highest BCUT2D eigenvalue weighted by molar-refractivity contribution is 5.70. The van der Waals surface area contributed by atoms with E-state index in [9.17, 15) is 9.59 Å². The Bertz CT molecular complexity index is 335. The van der Waals surface area contributed by atoms with Crippen LogP contribution in [0.5, 0.6) is 0 Å². The van der Waals surface area contributed by atoms with E-state index in [1.807, 2.05) is 20.8 Å². The number of aliphatic carboxylic acids is 1. The van der Waals surface area contributed by atoms with Crippen LogP contribution in [0.25, 0.3) is 0 Å². The van der Waals surface area contributed by atoms with Gasteiger partial charge in [0.25, 0.3) is 0 Å². The second-order valence-electron chi connectivity index (χ2n) is 6.45. The highest BCUT2D eigenvalue weighted by Crippen LogP contribution is 2.35. The summed E-state index contributed by atoms with van der Waals surface area (Å²) < 4.78 is 5.17. The van der Waals surface area contributed by atoms with Crippen LogP contribution in [-0.4, -0.2) is 29.3 Å². The van der Waals surface area contributed by atoms with Crippen LogP contribution >= 0.6 is 0 Å². The Labute approximate surface area is 114 Å². The normalized spacial score (nSPS) is 24.8. The first kappa shape index (κ1) is 15.8. The Morgan fingerprint density at radius 3 is 2.53 bits per heavy atom. The van der Waals surface area contributed by atoms with Crippen molar-refractivity contribution in [1.29, 1.82) is 0 Å². The van der Waals surface area contributed by atoms with Crippen molar-refractivity contribution >= 4 is 12.1 Å². The van der Waals surface area contributed by atoms with E-state index < -0.39 is 17.7 Å². The van der Waals surface area contributed by atoms with Crippen molar-refractivity contribution in [3.63, 3.8) is 0 Å². The summed E-state index contributed by atoms with van der Waals surface area (Å²) >= 11 is 0. The molecule has 0 radical (unpaired) electrons. The molecule has 1 fully saturated rings. The molecule has 0 heterocycles. The first-order valence-electron chi connectivity index (χ1n) is 6.88. The maximum absolute atomic E-state index is 11.5. The zero-order chi connectivity index (χ0) is 14.6. The van der Waals surface area contributed by atoms with Crippen LogP contribution in [0.1, 0.15) is 47.0 Å². The van der Waals surface area contributed by atoms with Gasteiger partial charge in [-0.1, -0.05) is 6.92 Å². The molecule has 1 saturated carbocycles. The number of hydrogen-bond donors (Lipinski definition) is 2. The van der Waals surface area contributed by atoms with Crippen LogP contribution in [0.3, 0.4) is 0 Å². The minimum atomic E-state index is -0.731. The average Bonchev–Trinajstić information content (AvgIpc) is 2.71. The predicted octanol–water partition coefficient (Wildman–Crippen LogP) is 2.65. The lowest BCUT2D eigenvalue weighted by molar-refractivity contribution is -0.142. The molecule has 1 aliphatic carbocycles. The van der Waals surface area contributed by atoms with E-state index in [0.717, 1.165) is 19.3 Å². The quantitative estimate of drug-likeness (QED) is 0.824. The van der Waals surface area contributed by atoms with Gasteiger partial charge in [0.15, 0.2) is 0 Å². The summed E-state index contributed by atoms with van der Waals surface area (Å²) in [5.74, 6) is -0.445. The molecule has 0 aromatic carbocycles. The lowest BCUT2D eigenvalue weighted by atomic mass is 9.92. The van der Waals surface area contributed by atoms with E-state index in [4.69, 9.17) is 9.84 Å². The predicted molar refractivity (Wildman–Crippen MR) is 71.9 cm³/mol. The molecule has 19 heavy (non-hydrogen) atoms. The van der Waals surface area contributed by atoms with Crippen LogP contribution in [0.2, 0.25) is 0 Å². The van der Waals surface area contributed by atoms with Gasteiger partial charge in [0, 0.05) is 6.54 Å². The molecule has 1 aliphatic rings. The lowest BCUT2D eigenvalue weighted by Gasteiger charge is -2.21. The fourth-order valence-electron chi connectivity index (χ4n) is 2.50. The molecule has 3 unspecified atom stereocenters. The maximum Gasteiger partial charge on any atom is 0.407 e. The molecular formula is C14H25NO4. The second-order valence-corrected chi connectivity index (χ2v) is 6.45. The van der Waals surface area contributed by atoms with Gasteiger partial charge >= 0.3 is 12.1 Å². The first-order chi connectivity index (χ1) is 8.69. The van der Waals surface area contributed by atoms with Gasteiger partial charge in [0.2, 0.25) is 0 Å². The molecule has 0 aromatic rings. The Morgan fingerprint density at radius 1 is 1.37 bits per heavy atom. The first-order valence-corrected chi connectivity index (χ1v) is 6.88. The van der Waals surface area contributed by atoms with E-state index in [0.29, 0.717) is 12.5 Å². The average molecular weight is 271 g/mol. The second kappa shape index (κ2) is 6.26. The summed E-state index contributed by atoms with van der Waals surface area (Å²) in [5, 5.41) is 11.7. The molecule has 0 bridgehead atoms. The number of rotatable bonds is 4. The summed E-state index contributed by atoms with van der Waals surface area (Å²) in [6, 6.07) is 0. The Balaban J connectivity index is 2.29. The zero-order valence-corrected chi connectivity index (χ0v) is 12.2. The van der Waals surface area contributed by atoms with Crippen molar-refractivity contribution in [2.45, 2.75) is 52.6 Å². The molecule has 5 heteroatoms. The van der Waals surface area contributed by atoms with Gasteiger partial charge in [-0.15, -0.1) is 0 Å². The van der Waals surface area contributed by atoms with E-state index in [1.54, 1.807) is 6.92 Å². The van der Waals surface area contributed by atoms with Gasteiger partial charge in [-0.25, -0.2) is 4.79 Å². The Morgan fingerprint density at radius 2 is 2.00 bits per heavy atom. The minimum Gasteiger partial charge on any atom is -0.481 e. The van der Waals surface area contributed by atoms with E-state index in [-0.39, 0.29) is 11.8 Å². The van der Waals surface area contributed by atoms with Crippen molar-refractivity contribution in [3.8, 4) is 0 Å². The summed E-state index contributed by atoms with van der Waals surface area (Å²) in [4.78, 5) is 22.4. The smallest absolute Gasteiger partial charge is 0.407 e. The Kier molecular flexibility index (Phi) is 5.20. The molecule has 0 aromatic heterocycles. The SMILES string of the molecule is CC(C(=O)O)C1CCC(CNC(=O)OC(C)(C)C)C1. The number of carbonyl (C=O) groups is 2. The van der Waals surface area contributed by atoms with Crippen LogP contribution in [0.4, 0.5) is 4.79 Å². The van der Waals surface area contributed by atoms with Crippen molar-refractivity contribution < 1.29 is 19.4 Å². The lowest BCUT2D eigenvalue weighted by Crippen LogP contribution is -2.35. The number of hydrogen-bond acceptors (Lipinski definition) is 3. The number of ether oxygens (including phenoxy) is 1. The molecule has 3 atom stereocenters. The third kappa shape index (κ3) is 5.49. The maximum atomic E-state index is 11.5. The molecule has 110 valence electrons. The fourth-order valence-corrected chi connectivity index (χ4v) is 2.50. The van der Waals surface area contributed by atoms with Gasteiger partial charge in [-0.3, -0.25) is 4.79 Å². The molecule has 2 N–H and O–H groups in total. The fraction of sp³-hybridized carbons (Fsp3) is 0.857. The Hall–Kier alpha value is -1.26. The van der Waals surface area contributed by atoms with Crippen molar-refractivity contribution in [2.24, 2.45) is 17.8 Å². The van der Waals surface area contributed by atoms with Gasteiger partial charge in [0.05, 0.1) is 5.92 Å². The standard InChI is InChI=1S/C14H25NO4/c1-9(12(16)17)11-6-5-10(7-11)8-15-13(18)19-14(2,3)4/h9-11H,5-8H2,1-4H3,(H,15,18)(H,16,17). The van der Waals surface area contributed by atoms with Crippen LogP contribution in [0.15, 0.2) is 0 Å². The van der Waals surface area contributed by atoms with E-state index in [2.05, 4.69) is 5.32 Å². The summed E-state index contributed by atoms with van der Waals surface area (Å²) in [5.41, 5.74) is -0.486. The van der Waals surface area contributed by atoms with Crippen molar-refractivity contribution in [2.75, 3.05) is 6.54 Å². The summed E-state index contributed by atoms with van der Waals surface area (Å²) in [7, 11) is 0. The number of nitrogens with one attached hydrogen (secondary N) is 1. The highest BCUT2D eigenvalue weighted by Gasteiger charge is 2.32. The third-order valence-electron chi connectivity index (χ3n) is 3.61. The molecule has 0 spiro atoms. The summed E-state index contributed by atoms with van der Waals surface area (Å²) in [6.07, 6.45) is 2.36. The number of carbonyl (C=O) groups excluding carboxylic acids is 1. The van der Waals surface area contributed by atoms with Gasteiger partial charge < -0.3 is 15.2 Å². The molecular weight excluding hydrogens is 246 g/mol.